The van der Waals surface area contributed by atoms with Gasteiger partial charge in [0.1, 0.15) is 6.04 Å². The van der Waals surface area contributed by atoms with Gasteiger partial charge in [0.05, 0.1) is 0 Å². The fourth-order valence-corrected chi connectivity index (χ4v) is 2.34. The Morgan fingerprint density at radius 3 is 2.47 bits per heavy atom. The Morgan fingerprint density at radius 1 is 1.41 bits per heavy atom. The molecule has 0 amide bonds. The molecule has 0 saturated carbocycles. The van der Waals surface area contributed by atoms with Crippen molar-refractivity contribution in [1.82, 2.24) is 4.90 Å². The second kappa shape index (κ2) is 7.28. The fourth-order valence-electron chi connectivity index (χ4n) is 2.34. The molecule has 1 rings (SSSR count). The van der Waals surface area contributed by atoms with Gasteiger partial charge in [-0.05, 0) is 44.3 Å². The van der Waals surface area contributed by atoms with E-state index >= 15 is 0 Å². The highest BCUT2D eigenvalue weighted by molar-refractivity contribution is 5.77. The van der Waals surface area contributed by atoms with Gasteiger partial charge in [0.2, 0.25) is 0 Å². The summed E-state index contributed by atoms with van der Waals surface area (Å²) in [5.41, 5.74) is 1.04. The maximum atomic E-state index is 11.5. The molecular weight excluding hydrogens is 214 g/mol. The van der Waals surface area contributed by atoms with Gasteiger partial charge in [0.15, 0.2) is 0 Å². The first-order chi connectivity index (χ1) is 8.20. The molecule has 1 aliphatic rings. The molecule has 3 nitrogen and oxygen atoms in total. The molecule has 0 spiro atoms. The van der Waals surface area contributed by atoms with Gasteiger partial charge in [-0.3, -0.25) is 9.69 Å². The van der Waals surface area contributed by atoms with Gasteiger partial charge in [-0.15, -0.1) is 0 Å². The molecule has 3 heteroatoms. The summed E-state index contributed by atoms with van der Waals surface area (Å²) in [6.45, 7) is 5.89. The normalized spacial score (nSPS) is 17.0. The number of allylic oxidation sites excluding steroid dienone is 3. The Balaban J connectivity index is 2.84. The number of hydrogen-bond acceptors (Lipinski definition) is 2. The predicted octanol–water partition coefficient (Wildman–Crippen LogP) is 2.84. The topological polar surface area (TPSA) is 40.5 Å². The first-order valence-corrected chi connectivity index (χ1v) is 6.53. The fraction of sp³-hybridized carbons (Fsp3) is 0.643. The van der Waals surface area contributed by atoms with Crippen LogP contribution in [0.15, 0.2) is 23.8 Å². The molecule has 1 unspecified atom stereocenters. The van der Waals surface area contributed by atoms with E-state index in [1.165, 1.54) is 0 Å². The highest BCUT2D eigenvalue weighted by atomic mass is 16.4. The molecule has 0 saturated heterocycles. The molecule has 0 aliphatic heterocycles. The second-order valence-electron chi connectivity index (χ2n) is 4.49. The number of carboxylic acid groups (broad SMARTS) is 1. The van der Waals surface area contributed by atoms with Gasteiger partial charge >= 0.3 is 5.97 Å². The molecule has 1 aliphatic carbocycles. The Morgan fingerprint density at radius 2 is 2.06 bits per heavy atom. The summed E-state index contributed by atoms with van der Waals surface area (Å²) < 4.78 is 0. The minimum atomic E-state index is -0.714. The standard InChI is InChI=1S/C14H23NO2/c1-3-10-15(11-4-2)13(14(16)17)12-8-6-5-7-9-12/h5-6,8,13H,3-4,7,9-11H2,1-2H3,(H,16,17). The van der Waals surface area contributed by atoms with Crippen molar-refractivity contribution in [1.29, 1.82) is 0 Å². The highest BCUT2D eigenvalue weighted by Gasteiger charge is 2.28. The zero-order valence-electron chi connectivity index (χ0n) is 10.9. The van der Waals surface area contributed by atoms with Crippen molar-refractivity contribution in [3.05, 3.63) is 23.8 Å². The summed E-state index contributed by atoms with van der Waals surface area (Å²) in [4.78, 5) is 13.6. The molecule has 17 heavy (non-hydrogen) atoms. The maximum absolute atomic E-state index is 11.5. The second-order valence-corrected chi connectivity index (χ2v) is 4.49. The summed E-state index contributed by atoms with van der Waals surface area (Å²) >= 11 is 0. The van der Waals surface area contributed by atoms with Gasteiger partial charge in [0, 0.05) is 0 Å². The molecule has 0 aromatic carbocycles. The van der Waals surface area contributed by atoms with Crippen molar-refractivity contribution in [2.24, 2.45) is 0 Å². The van der Waals surface area contributed by atoms with Crippen LogP contribution >= 0.6 is 0 Å². The third-order valence-corrected chi connectivity index (χ3v) is 3.02. The number of nitrogens with zero attached hydrogens (tertiary/aromatic N) is 1. The molecule has 0 aromatic rings. The first-order valence-electron chi connectivity index (χ1n) is 6.53. The van der Waals surface area contributed by atoms with E-state index in [-0.39, 0.29) is 0 Å². The van der Waals surface area contributed by atoms with E-state index in [1.54, 1.807) is 0 Å². The van der Waals surface area contributed by atoms with Crippen LogP contribution in [-0.2, 0) is 4.79 Å². The monoisotopic (exact) mass is 237 g/mol. The zero-order chi connectivity index (χ0) is 12.7. The SMILES string of the molecule is CCCN(CCC)C(C(=O)O)C1=CC=CCC1. The smallest absolute Gasteiger partial charge is 0.325 e. The Labute approximate surface area is 104 Å². The van der Waals surface area contributed by atoms with Crippen molar-refractivity contribution in [2.45, 2.75) is 45.6 Å². The van der Waals surface area contributed by atoms with Crippen LogP contribution in [-0.4, -0.2) is 35.1 Å². The largest absolute Gasteiger partial charge is 0.480 e. The average Bonchev–Trinajstić information content (AvgIpc) is 2.31. The van der Waals surface area contributed by atoms with Crippen LogP contribution in [0.2, 0.25) is 0 Å². The molecule has 0 radical (unpaired) electrons. The van der Waals surface area contributed by atoms with Crippen molar-refractivity contribution in [3.63, 3.8) is 0 Å². The van der Waals surface area contributed by atoms with Gasteiger partial charge in [-0.2, -0.15) is 0 Å². The van der Waals surface area contributed by atoms with E-state index in [2.05, 4.69) is 24.8 Å². The van der Waals surface area contributed by atoms with Gasteiger partial charge < -0.3 is 5.11 Å². The lowest BCUT2D eigenvalue weighted by Gasteiger charge is -2.30. The lowest BCUT2D eigenvalue weighted by molar-refractivity contribution is -0.141. The van der Waals surface area contributed by atoms with Crippen LogP contribution in [0.25, 0.3) is 0 Å². The van der Waals surface area contributed by atoms with Crippen LogP contribution in [0.5, 0.6) is 0 Å². The molecule has 96 valence electrons. The molecule has 1 N–H and O–H groups in total. The van der Waals surface area contributed by atoms with Crippen molar-refractivity contribution < 1.29 is 9.90 Å². The summed E-state index contributed by atoms with van der Waals surface area (Å²) in [5, 5.41) is 9.44. The van der Waals surface area contributed by atoms with Crippen LogP contribution in [0, 0.1) is 0 Å². The molecule has 0 bridgehead atoms. The summed E-state index contributed by atoms with van der Waals surface area (Å²) in [7, 11) is 0. The van der Waals surface area contributed by atoms with Crippen molar-refractivity contribution in [3.8, 4) is 0 Å². The van der Waals surface area contributed by atoms with E-state index in [0.29, 0.717) is 0 Å². The highest BCUT2D eigenvalue weighted by Crippen LogP contribution is 2.21. The van der Waals surface area contributed by atoms with Crippen LogP contribution in [0.1, 0.15) is 39.5 Å². The first kappa shape index (κ1) is 14.0. The quantitative estimate of drug-likeness (QED) is 0.740. The summed E-state index contributed by atoms with van der Waals surface area (Å²) in [6, 6.07) is -0.431. The summed E-state index contributed by atoms with van der Waals surface area (Å²) in [5.74, 6) is -0.714. The minimum absolute atomic E-state index is 0.431. The van der Waals surface area contributed by atoms with Crippen LogP contribution < -0.4 is 0 Å². The van der Waals surface area contributed by atoms with E-state index in [4.69, 9.17) is 0 Å². The number of carboxylic acids is 1. The predicted molar refractivity (Wildman–Crippen MR) is 70.0 cm³/mol. The van der Waals surface area contributed by atoms with Gasteiger partial charge in [-0.25, -0.2) is 0 Å². The minimum Gasteiger partial charge on any atom is -0.480 e. The third kappa shape index (κ3) is 4.00. The number of carbonyl (C=O) groups is 1. The Hall–Kier alpha value is -1.09. The summed E-state index contributed by atoms with van der Waals surface area (Å²) in [6.07, 6.45) is 9.86. The van der Waals surface area contributed by atoms with E-state index in [1.807, 2.05) is 12.2 Å². The van der Waals surface area contributed by atoms with Crippen molar-refractivity contribution in [2.75, 3.05) is 13.1 Å². The number of rotatable bonds is 7. The van der Waals surface area contributed by atoms with E-state index < -0.39 is 12.0 Å². The molecule has 0 aromatic heterocycles. The lowest BCUT2D eigenvalue weighted by atomic mass is 9.96. The van der Waals surface area contributed by atoms with Crippen LogP contribution in [0.4, 0.5) is 0 Å². The molecule has 0 fully saturated rings. The molecule has 1 atom stereocenters. The Kier molecular flexibility index (Phi) is 5.98. The molecular formula is C14H23NO2. The number of hydrogen-bond donors (Lipinski definition) is 1. The lowest BCUT2D eigenvalue weighted by Crippen LogP contribution is -2.43. The van der Waals surface area contributed by atoms with Crippen LogP contribution in [0.3, 0.4) is 0 Å². The van der Waals surface area contributed by atoms with E-state index in [0.717, 1.165) is 44.3 Å². The molecule has 0 heterocycles. The maximum Gasteiger partial charge on any atom is 0.325 e. The average molecular weight is 237 g/mol. The number of aliphatic carboxylic acids is 1. The zero-order valence-corrected chi connectivity index (χ0v) is 10.9. The Bertz CT molecular complexity index is 301. The van der Waals surface area contributed by atoms with Gasteiger partial charge in [0.25, 0.3) is 0 Å². The van der Waals surface area contributed by atoms with E-state index in [9.17, 15) is 9.90 Å². The van der Waals surface area contributed by atoms with Gasteiger partial charge in [-0.1, -0.05) is 32.1 Å². The third-order valence-electron chi connectivity index (χ3n) is 3.02. The van der Waals surface area contributed by atoms with Crippen molar-refractivity contribution >= 4 is 5.97 Å².